The normalized spacial score (nSPS) is 27.3. The second kappa shape index (κ2) is 3.63. The van der Waals surface area contributed by atoms with Gasteiger partial charge in [0.05, 0.1) is 10.9 Å². The maximum absolute atomic E-state index is 6.19. The first-order valence-electron chi connectivity index (χ1n) is 4.97. The summed E-state index contributed by atoms with van der Waals surface area (Å²) >= 11 is 6.19. The molecule has 1 nitrogen and oxygen atoms in total. The van der Waals surface area contributed by atoms with Crippen molar-refractivity contribution in [3.05, 3.63) is 28.5 Å². The molecule has 0 spiro atoms. The van der Waals surface area contributed by atoms with E-state index in [1.165, 1.54) is 30.5 Å². The Kier molecular flexibility index (Phi) is 2.77. The van der Waals surface area contributed by atoms with Crippen LogP contribution in [0, 0.1) is 0 Å². The van der Waals surface area contributed by atoms with Gasteiger partial charge >= 0.3 is 0 Å². The topological polar surface area (TPSA) is 3.88 Å². The van der Waals surface area contributed by atoms with Gasteiger partial charge in [-0.3, -0.25) is 0 Å². The van der Waals surface area contributed by atoms with Crippen LogP contribution in [0.25, 0.3) is 0 Å². The van der Waals surface area contributed by atoms with Crippen LogP contribution in [0.15, 0.2) is 12.3 Å². The molecule has 1 fully saturated rings. The number of pyridine rings is 1. The summed E-state index contributed by atoms with van der Waals surface area (Å²) in [6.07, 6.45) is 6.17. The van der Waals surface area contributed by atoms with Gasteiger partial charge < -0.3 is 24.0 Å². The minimum Gasteiger partial charge on any atom is -1.00 e. The lowest BCUT2D eigenvalue weighted by Gasteiger charge is -2.31. The molecule has 1 aromatic heterocycles. The van der Waals surface area contributed by atoms with E-state index in [2.05, 4.69) is 17.8 Å². The molecule has 76 valence electrons. The fourth-order valence-electron chi connectivity index (χ4n) is 3.02. The lowest BCUT2D eigenvalue weighted by Crippen LogP contribution is -3.00. The number of rotatable bonds is 0. The first-order valence-corrected chi connectivity index (χ1v) is 5.35. The van der Waals surface area contributed by atoms with E-state index in [0.717, 1.165) is 16.9 Å². The molecule has 3 heteroatoms. The lowest BCUT2D eigenvalue weighted by atomic mass is 9.73. The van der Waals surface area contributed by atoms with Crippen LogP contribution in [0.5, 0.6) is 0 Å². The van der Waals surface area contributed by atoms with Crippen molar-refractivity contribution >= 4 is 11.6 Å². The highest BCUT2D eigenvalue weighted by Gasteiger charge is 2.48. The van der Waals surface area contributed by atoms with Crippen LogP contribution in [0.4, 0.5) is 0 Å². The summed E-state index contributed by atoms with van der Waals surface area (Å²) < 4.78 is 2.24. The second-order valence-electron chi connectivity index (χ2n) is 4.22. The van der Waals surface area contributed by atoms with Crippen molar-refractivity contribution in [3.8, 4) is 0 Å². The fraction of sp³-hybridized carbons (Fsp3) is 0.545. The molecule has 0 amide bonds. The molecule has 0 N–H and O–H groups in total. The number of nitrogens with zero attached hydrogens (tertiary/aromatic N) is 1. The number of hydrogen-bond donors (Lipinski definition) is 0. The molecule has 1 aromatic rings. The Morgan fingerprint density at radius 2 is 2.07 bits per heavy atom. The third-order valence-corrected chi connectivity index (χ3v) is 3.93. The van der Waals surface area contributed by atoms with E-state index < -0.39 is 0 Å². The highest BCUT2D eigenvalue weighted by atomic mass is 127. The fourth-order valence-corrected chi connectivity index (χ4v) is 3.32. The zero-order chi connectivity index (χ0) is 9.00. The van der Waals surface area contributed by atoms with E-state index >= 15 is 0 Å². The molecule has 0 aromatic carbocycles. The molecular weight excluding hydrogens is 308 g/mol. The van der Waals surface area contributed by atoms with E-state index in [1.54, 1.807) is 0 Å². The Morgan fingerprint density at radius 1 is 1.36 bits per heavy atom. The number of aromatic nitrogens is 1. The van der Waals surface area contributed by atoms with Crippen LogP contribution in [-0.4, -0.2) is 0 Å². The van der Waals surface area contributed by atoms with Gasteiger partial charge in [0.15, 0.2) is 11.9 Å². The van der Waals surface area contributed by atoms with E-state index in [9.17, 15) is 0 Å². The van der Waals surface area contributed by atoms with Gasteiger partial charge in [0.25, 0.3) is 0 Å². The van der Waals surface area contributed by atoms with Crippen LogP contribution in [0.3, 0.4) is 0 Å². The Labute approximate surface area is 106 Å². The summed E-state index contributed by atoms with van der Waals surface area (Å²) in [7, 11) is 2.13. The summed E-state index contributed by atoms with van der Waals surface area (Å²) in [6, 6.07) is 2.02. The Bertz CT molecular complexity index is 343. The molecule has 3 rings (SSSR count). The Hall–Kier alpha value is 0.170. The van der Waals surface area contributed by atoms with Crippen molar-refractivity contribution < 1.29 is 28.5 Å². The van der Waals surface area contributed by atoms with Gasteiger partial charge in [-0.1, -0.05) is 18.0 Å². The quantitative estimate of drug-likeness (QED) is 0.449. The van der Waals surface area contributed by atoms with Crippen LogP contribution < -0.4 is 28.5 Å². The summed E-state index contributed by atoms with van der Waals surface area (Å²) in [4.78, 5) is 0. The molecule has 2 aliphatic rings. The molecule has 1 saturated carbocycles. The largest absolute Gasteiger partial charge is 1.00 e. The molecule has 0 aliphatic heterocycles. The summed E-state index contributed by atoms with van der Waals surface area (Å²) in [5.74, 6) is 1.61. The van der Waals surface area contributed by atoms with Gasteiger partial charge in [-0.15, -0.1) is 0 Å². The Morgan fingerprint density at radius 3 is 2.86 bits per heavy atom. The third kappa shape index (κ3) is 1.23. The van der Waals surface area contributed by atoms with Crippen molar-refractivity contribution in [2.45, 2.75) is 31.1 Å². The van der Waals surface area contributed by atoms with Crippen molar-refractivity contribution in [3.63, 3.8) is 0 Å². The monoisotopic (exact) mass is 321 g/mol. The summed E-state index contributed by atoms with van der Waals surface area (Å²) in [5, 5.41) is 0.983. The Balaban J connectivity index is 0.000000750. The highest BCUT2D eigenvalue weighted by Crippen LogP contribution is 2.56. The number of aryl methyl sites for hydroxylation is 1. The summed E-state index contributed by atoms with van der Waals surface area (Å²) in [6.45, 7) is 0. The molecule has 14 heavy (non-hydrogen) atoms. The van der Waals surface area contributed by atoms with Crippen LogP contribution in [0.2, 0.25) is 5.02 Å². The summed E-state index contributed by atoms with van der Waals surface area (Å²) in [5.41, 5.74) is 2.93. The smallest absolute Gasteiger partial charge is 0.189 e. The average Bonchev–Trinajstić information content (AvgIpc) is 2.45. The molecular formula is C11H13ClIN. The van der Waals surface area contributed by atoms with Gasteiger partial charge in [-0.2, -0.15) is 0 Å². The first-order chi connectivity index (χ1) is 6.29. The maximum atomic E-state index is 6.19. The predicted octanol–water partition coefficient (Wildman–Crippen LogP) is -0.467. The van der Waals surface area contributed by atoms with E-state index in [-0.39, 0.29) is 24.0 Å². The number of fused-ring (bicyclic) bond motifs is 4. The molecule has 2 unspecified atom stereocenters. The van der Waals surface area contributed by atoms with Crippen LogP contribution >= 0.6 is 11.6 Å². The van der Waals surface area contributed by atoms with Crippen molar-refractivity contribution in [2.75, 3.05) is 0 Å². The van der Waals surface area contributed by atoms with E-state index in [1.807, 2.05) is 6.07 Å². The zero-order valence-corrected chi connectivity index (χ0v) is 11.0. The lowest BCUT2D eigenvalue weighted by molar-refractivity contribution is -0.683. The van der Waals surface area contributed by atoms with E-state index in [0.29, 0.717) is 0 Å². The first kappa shape index (κ1) is 10.7. The van der Waals surface area contributed by atoms with E-state index in [4.69, 9.17) is 11.6 Å². The molecule has 2 atom stereocenters. The number of hydrogen-bond acceptors (Lipinski definition) is 0. The van der Waals surface area contributed by atoms with Gasteiger partial charge in [0, 0.05) is 17.5 Å². The standard InChI is InChI=1S/C11H13ClN.HI/c1-13-6-5-9(12)10-7-3-2-4-8(7)11(10)13;/h5-8H,2-4H2,1H3;1H/q+1;/p-1. The van der Waals surface area contributed by atoms with Crippen molar-refractivity contribution in [1.29, 1.82) is 0 Å². The third-order valence-electron chi connectivity index (χ3n) is 3.60. The minimum absolute atomic E-state index is 0. The van der Waals surface area contributed by atoms with Gasteiger partial charge in [-0.25, -0.2) is 4.57 Å². The molecule has 0 bridgehead atoms. The van der Waals surface area contributed by atoms with Gasteiger partial charge in [-0.05, 0) is 12.8 Å². The SMILES string of the molecule is C[n+]1ccc(Cl)c2c1C1CCCC21.[I-]. The molecule has 0 saturated heterocycles. The zero-order valence-electron chi connectivity index (χ0n) is 8.13. The molecule has 0 radical (unpaired) electrons. The van der Waals surface area contributed by atoms with Gasteiger partial charge in [0.1, 0.15) is 7.05 Å². The van der Waals surface area contributed by atoms with Gasteiger partial charge in [0.2, 0.25) is 0 Å². The molecule has 2 aliphatic carbocycles. The van der Waals surface area contributed by atoms with Crippen LogP contribution in [-0.2, 0) is 7.05 Å². The van der Waals surface area contributed by atoms with Crippen molar-refractivity contribution in [1.82, 2.24) is 0 Å². The second-order valence-corrected chi connectivity index (χ2v) is 4.62. The minimum atomic E-state index is 0. The van der Waals surface area contributed by atoms with Crippen molar-refractivity contribution in [2.24, 2.45) is 7.05 Å². The number of halogens is 2. The average molecular weight is 322 g/mol. The molecule has 1 heterocycles. The maximum Gasteiger partial charge on any atom is 0.189 e. The van der Waals surface area contributed by atoms with Crippen LogP contribution in [0.1, 0.15) is 42.4 Å². The predicted molar refractivity (Wildman–Crippen MR) is 52.0 cm³/mol. The highest BCUT2D eigenvalue weighted by molar-refractivity contribution is 6.31.